The van der Waals surface area contributed by atoms with Crippen LogP contribution in [0, 0.1) is 5.92 Å². The number of aliphatic carboxylic acids is 1. The third kappa shape index (κ3) is 5.79. The lowest BCUT2D eigenvalue weighted by Gasteiger charge is -2.13. The van der Waals surface area contributed by atoms with E-state index in [1.165, 1.54) is 12.1 Å². The molecule has 0 saturated carbocycles. The zero-order chi connectivity index (χ0) is 14.3. The molecule has 0 aliphatic carbocycles. The lowest BCUT2D eigenvalue weighted by atomic mass is 9.97. The summed E-state index contributed by atoms with van der Waals surface area (Å²) in [5.74, 6) is -0.604. The monoisotopic (exact) mass is 287 g/mol. The summed E-state index contributed by atoms with van der Waals surface area (Å²) >= 11 is 5.58. The van der Waals surface area contributed by atoms with Crippen molar-refractivity contribution in [2.45, 2.75) is 32.6 Å². The third-order valence-electron chi connectivity index (χ3n) is 2.98. The molecule has 0 bridgehead atoms. The highest BCUT2D eigenvalue weighted by atomic mass is 35.5. The number of hydrogen-bond acceptors (Lipinski definition) is 3. The molecule has 0 aromatic carbocycles. The SMILES string of the molecule is CCC(CCNC(=O)c1ccc(Cl)o1)CCC(=O)O. The first-order valence-electron chi connectivity index (χ1n) is 6.28. The van der Waals surface area contributed by atoms with Crippen molar-refractivity contribution in [3.63, 3.8) is 0 Å². The minimum atomic E-state index is -0.785. The van der Waals surface area contributed by atoms with Gasteiger partial charge in [-0.1, -0.05) is 13.3 Å². The van der Waals surface area contributed by atoms with E-state index in [0.29, 0.717) is 18.9 Å². The maximum absolute atomic E-state index is 11.6. The van der Waals surface area contributed by atoms with Crippen LogP contribution in [0.2, 0.25) is 5.22 Å². The second kappa shape index (κ2) is 7.84. The number of carboxylic acid groups (broad SMARTS) is 1. The van der Waals surface area contributed by atoms with Crippen LogP contribution in [-0.2, 0) is 4.79 Å². The van der Waals surface area contributed by atoms with Crippen LogP contribution in [-0.4, -0.2) is 23.5 Å². The van der Waals surface area contributed by atoms with Gasteiger partial charge in [-0.05, 0) is 42.5 Å². The van der Waals surface area contributed by atoms with Gasteiger partial charge in [-0.3, -0.25) is 9.59 Å². The summed E-state index contributed by atoms with van der Waals surface area (Å²) in [7, 11) is 0. The fraction of sp³-hybridized carbons (Fsp3) is 0.538. The van der Waals surface area contributed by atoms with Crippen LogP contribution in [0.15, 0.2) is 16.5 Å². The lowest BCUT2D eigenvalue weighted by molar-refractivity contribution is -0.137. The molecule has 0 aliphatic rings. The van der Waals surface area contributed by atoms with Crippen LogP contribution in [0.4, 0.5) is 0 Å². The molecule has 106 valence electrons. The lowest BCUT2D eigenvalue weighted by Crippen LogP contribution is -2.25. The third-order valence-corrected chi connectivity index (χ3v) is 3.18. The average molecular weight is 288 g/mol. The first kappa shape index (κ1) is 15.6. The van der Waals surface area contributed by atoms with Crippen molar-refractivity contribution in [3.8, 4) is 0 Å². The van der Waals surface area contributed by atoms with E-state index in [4.69, 9.17) is 21.1 Å². The molecule has 1 heterocycles. The summed E-state index contributed by atoms with van der Waals surface area (Å²) in [6.07, 6.45) is 2.45. The van der Waals surface area contributed by atoms with Crippen molar-refractivity contribution in [3.05, 3.63) is 23.1 Å². The highest BCUT2D eigenvalue weighted by Crippen LogP contribution is 2.15. The Balaban J connectivity index is 2.28. The highest BCUT2D eigenvalue weighted by molar-refractivity contribution is 6.29. The molecule has 0 saturated heterocycles. The Hall–Kier alpha value is -1.49. The zero-order valence-electron chi connectivity index (χ0n) is 10.8. The Morgan fingerprint density at radius 3 is 2.68 bits per heavy atom. The minimum Gasteiger partial charge on any atom is -0.481 e. The maximum atomic E-state index is 11.6. The predicted molar refractivity (Wildman–Crippen MR) is 71.3 cm³/mol. The maximum Gasteiger partial charge on any atom is 0.303 e. The molecule has 1 amide bonds. The van der Waals surface area contributed by atoms with Crippen LogP contribution in [0.3, 0.4) is 0 Å². The molecule has 1 aromatic rings. The van der Waals surface area contributed by atoms with Gasteiger partial charge in [-0.25, -0.2) is 0 Å². The van der Waals surface area contributed by atoms with Gasteiger partial charge in [0.25, 0.3) is 5.91 Å². The number of carbonyl (C=O) groups excluding carboxylic acids is 1. The zero-order valence-corrected chi connectivity index (χ0v) is 11.6. The summed E-state index contributed by atoms with van der Waals surface area (Å²) in [6.45, 7) is 2.51. The van der Waals surface area contributed by atoms with E-state index in [-0.39, 0.29) is 23.3 Å². The second-order valence-corrected chi connectivity index (χ2v) is 4.73. The molecule has 0 spiro atoms. The van der Waals surface area contributed by atoms with Crippen LogP contribution in [0.25, 0.3) is 0 Å². The molecule has 0 radical (unpaired) electrons. The van der Waals surface area contributed by atoms with E-state index in [2.05, 4.69) is 5.32 Å². The van der Waals surface area contributed by atoms with Gasteiger partial charge in [0.2, 0.25) is 0 Å². The Kier molecular flexibility index (Phi) is 6.42. The van der Waals surface area contributed by atoms with Crippen LogP contribution < -0.4 is 5.32 Å². The van der Waals surface area contributed by atoms with E-state index in [1.807, 2.05) is 6.92 Å². The normalized spacial score (nSPS) is 12.1. The molecule has 19 heavy (non-hydrogen) atoms. The van der Waals surface area contributed by atoms with Gasteiger partial charge in [-0.15, -0.1) is 0 Å². The summed E-state index contributed by atoms with van der Waals surface area (Å²) in [5, 5.41) is 11.5. The number of nitrogens with one attached hydrogen (secondary N) is 1. The van der Waals surface area contributed by atoms with Crippen molar-refractivity contribution in [2.24, 2.45) is 5.92 Å². The van der Waals surface area contributed by atoms with Crippen molar-refractivity contribution in [1.82, 2.24) is 5.32 Å². The van der Waals surface area contributed by atoms with Gasteiger partial charge in [0.05, 0.1) is 0 Å². The first-order valence-corrected chi connectivity index (χ1v) is 6.66. The minimum absolute atomic E-state index is 0.167. The van der Waals surface area contributed by atoms with Crippen molar-refractivity contribution in [2.75, 3.05) is 6.54 Å². The Morgan fingerprint density at radius 2 is 2.16 bits per heavy atom. The number of rotatable bonds is 8. The summed E-state index contributed by atoms with van der Waals surface area (Å²) in [5.41, 5.74) is 0. The molecular weight excluding hydrogens is 270 g/mol. The van der Waals surface area contributed by atoms with Crippen molar-refractivity contribution >= 4 is 23.5 Å². The van der Waals surface area contributed by atoms with Crippen LogP contribution >= 0.6 is 11.6 Å². The van der Waals surface area contributed by atoms with Crippen LogP contribution in [0.1, 0.15) is 43.2 Å². The number of furan rings is 1. The quantitative estimate of drug-likeness (QED) is 0.770. The number of carboxylic acids is 1. The molecule has 6 heteroatoms. The van der Waals surface area contributed by atoms with Gasteiger partial charge in [0.15, 0.2) is 11.0 Å². The largest absolute Gasteiger partial charge is 0.481 e. The van der Waals surface area contributed by atoms with Gasteiger partial charge in [0, 0.05) is 13.0 Å². The van der Waals surface area contributed by atoms with Crippen molar-refractivity contribution < 1.29 is 19.1 Å². The number of hydrogen-bond donors (Lipinski definition) is 2. The Morgan fingerprint density at radius 1 is 1.42 bits per heavy atom. The number of carbonyl (C=O) groups is 2. The predicted octanol–water partition coefficient (Wildman–Crippen LogP) is 2.94. The number of amides is 1. The highest BCUT2D eigenvalue weighted by Gasteiger charge is 2.12. The van der Waals surface area contributed by atoms with E-state index >= 15 is 0 Å². The molecule has 1 aromatic heterocycles. The van der Waals surface area contributed by atoms with E-state index in [9.17, 15) is 9.59 Å². The molecule has 0 fully saturated rings. The van der Waals surface area contributed by atoms with Gasteiger partial charge in [0.1, 0.15) is 0 Å². The van der Waals surface area contributed by atoms with E-state index < -0.39 is 5.97 Å². The molecular formula is C13H18ClNO4. The van der Waals surface area contributed by atoms with E-state index in [0.717, 1.165) is 12.8 Å². The van der Waals surface area contributed by atoms with Crippen LogP contribution in [0.5, 0.6) is 0 Å². The van der Waals surface area contributed by atoms with E-state index in [1.54, 1.807) is 0 Å². The molecule has 1 rings (SSSR count). The van der Waals surface area contributed by atoms with Gasteiger partial charge < -0.3 is 14.8 Å². The standard InChI is InChI=1S/C13H18ClNO4/c1-2-9(3-6-12(16)17)7-8-15-13(18)10-4-5-11(14)19-10/h4-5,9H,2-3,6-8H2,1H3,(H,15,18)(H,16,17). The molecule has 5 nitrogen and oxygen atoms in total. The summed E-state index contributed by atoms with van der Waals surface area (Å²) < 4.78 is 4.98. The molecule has 2 N–H and O–H groups in total. The Bertz CT molecular complexity index is 430. The summed E-state index contributed by atoms with van der Waals surface area (Å²) in [4.78, 5) is 22.1. The number of halogens is 1. The molecule has 0 aliphatic heterocycles. The average Bonchev–Trinajstić information content (AvgIpc) is 2.79. The fourth-order valence-corrected chi connectivity index (χ4v) is 1.94. The smallest absolute Gasteiger partial charge is 0.303 e. The fourth-order valence-electron chi connectivity index (χ4n) is 1.79. The topological polar surface area (TPSA) is 79.5 Å². The molecule has 1 atom stereocenters. The van der Waals surface area contributed by atoms with Gasteiger partial charge in [-0.2, -0.15) is 0 Å². The molecule has 1 unspecified atom stereocenters. The summed E-state index contributed by atoms with van der Waals surface area (Å²) in [6, 6.07) is 3.03. The first-order chi connectivity index (χ1) is 9.02. The van der Waals surface area contributed by atoms with Gasteiger partial charge >= 0.3 is 5.97 Å². The van der Waals surface area contributed by atoms with Crippen molar-refractivity contribution in [1.29, 1.82) is 0 Å². The second-order valence-electron chi connectivity index (χ2n) is 4.36. The Labute approximate surface area is 116 Å².